The second-order valence-electron chi connectivity index (χ2n) is 11.6. The number of hydrogen-bond acceptors (Lipinski definition) is 5. The highest BCUT2D eigenvalue weighted by Crippen LogP contribution is 2.21. The van der Waals surface area contributed by atoms with Crippen LogP contribution < -0.4 is 27.4 Å². The van der Waals surface area contributed by atoms with Crippen LogP contribution in [0.15, 0.2) is 103 Å². The van der Waals surface area contributed by atoms with Crippen LogP contribution in [-0.4, -0.2) is 47.8 Å². The molecule has 0 radical (unpaired) electrons. The van der Waals surface area contributed by atoms with E-state index in [1.54, 1.807) is 0 Å². The monoisotopic (exact) mass is 619 g/mol. The molecule has 4 atom stereocenters. The second kappa shape index (κ2) is 15.6. The topological polar surface area (TPSA) is 156 Å². The van der Waals surface area contributed by atoms with Crippen LogP contribution in [-0.2, 0) is 32.0 Å². The average Bonchev–Trinajstić information content (AvgIpc) is 3.05. The molecule has 0 saturated carbocycles. The van der Waals surface area contributed by atoms with Gasteiger partial charge in [0.1, 0.15) is 18.1 Å². The third-order valence-electron chi connectivity index (χ3n) is 7.80. The quantitative estimate of drug-likeness (QED) is 0.155. The first-order valence-electron chi connectivity index (χ1n) is 15.3. The van der Waals surface area contributed by atoms with Crippen LogP contribution in [0.25, 0.3) is 22.3 Å². The molecule has 7 N–H and O–H groups in total. The number of aryl methyl sites for hydroxylation is 1. The van der Waals surface area contributed by atoms with Crippen LogP contribution >= 0.6 is 0 Å². The maximum atomic E-state index is 13.2. The summed E-state index contributed by atoms with van der Waals surface area (Å²) in [5.74, 6) is -2.35. The van der Waals surface area contributed by atoms with Gasteiger partial charge in [0.2, 0.25) is 23.6 Å². The number of nitrogens with one attached hydrogen (secondary N) is 3. The van der Waals surface area contributed by atoms with Crippen LogP contribution in [0.2, 0.25) is 0 Å². The predicted octanol–water partition coefficient (Wildman–Crippen LogP) is 3.42. The van der Waals surface area contributed by atoms with Crippen LogP contribution in [0.1, 0.15) is 30.5 Å². The van der Waals surface area contributed by atoms with E-state index in [2.05, 4.69) is 16.0 Å². The molecule has 9 nitrogen and oxygen atoms in total. The minimum Gasteiger partial charge on any atom is -0.368 e. The van der Waals surface area contributed by atoms with Crippen molar-refractivity contribution in [3.8, 4) is 22.3 Å². The molecule has 0 aromatic heterocycles. The average molecular weight is 620 g/mol. The van der Waals surface area contributed by atoms with Crippen molar-refractivity contribution in [2.75, 3.05) is 0 Å². The largest absolute Gasteiger partial charge is 0.368 e. The normalized spacial score (nSPS) is 13.5. The van der Waals surface area contributed by atoms with E-state index >= 15 is 0 Å². The second-order valence-corrected chi connectivity index (χ2v) is 11.6. The number of hydrogen-bond donors (Lipinski definition) is 5. The lowest BCUT2D eigenvalue weighted by Crippen LogP contribution is -2.57. The number of carbonyl (C=O) groups excluding carboxylic acids is 4. The lowest BCUT2D eigenvalue weighted by atomic mass is 9.99. The van der Waals surface area contributed by atoms with Gasteiger partial charge in [0.15, 0.2) is 0 Å². The molecular weight excluding hydrogens is 578 g/mol. The maximum Gasteiger partial charge on any atom is 0.243 e. The Bertz CT molecular complexity index is 1640. The summed E-state index contributed by atoms with van der Waals surface area (Å²) in [5.41, 5.74) is 18.6. The molecule has 4 aromatic rings. The third kappa shape index (κ3) is 9.36. The van der Waals surface area contributed by atoms with E-state index in [-0.39, 0.29) is 12.8 Å². The van der Waals surface area contributed by atoms with Crippen molar-refractivity contribution in [3.63, 3.8) is 0 Å². The summed E-state index contributed by atoms with van der Waals surface area (Å²) in [6.07, 6.45) is 0.431. The summed E-state index contributed by atoms with van der Waals surface area (Å²) in [6.45, 7) is 5.01. The molecule has 0 spiro atoms. The molecule has 0 unspecified atom stereocenters. The van der Waals surface area contributed by atoms with Crippen molar-refractivity contribution >= 4 is 23.6 Å². The summed E-state index contributed by atoms with van der Waals surface area (Å²) in [6, 6.07) is 29.7. The standard InChI is InChI=1S/C37H41N5O4/c1-23-9-15-29(16-10-23)31-19-13-27(14-20-31)22-33(37(46)40-24(2)34(39)43)42-35(44)25(3)41-36(45)32(38)21-26-11-17-30(18-12-26)28-7-5-4-6-8-28/h4-20,24-25,32-33H,21-22,38H2,1-3H3,(H2,39,43)(H,40,46)(H,41,45)(H,42,44)/t24-,25-,32-,33-/m0/s1. The van der Waals surface area contributed by atoms with E-state index < -0.39 is 47.8 Å². The van der Waals surface area contributed by atoms with Gasteiger partial charge >= 0.3 is 0 Å². The number of carbonyl (C=O) groups is 4. The lowest BCUT2D eigenvalue weighted by Gasteiger charge is -2.23. The molecule has 0 aliphatic heterocycles. The molecule has 238 valence electrons. The summed E-state index contributed by atoms with van der Waals surface area (Å²) in [7, 11) is 0. The van der Waals surface area contributed by atoms with Gasteiger partial charge in [-0.15, -0.1) is 0 Å². The molecular formula is C37H41N5O4. The Kier molecular flexibility index (Phi) is 11.4. The van der Waals surface area contributed by atoms with E-state index in [4.69, 9.17) is 11.5 Å². The van der Waals surface area contributed by atoms with Gasteiger partial charge in [-0.3, -0.25) is 19.2 Å². The van der Waals surface area contributed by atoms with Gasteiger partial charge in [0.05, 0.1) is 6.04 Å². The first-order chi connectivity index (χ1) is 22.0. The summed E-state index contributed by atoms with van der Waals surface area (Å²) >= 11 is 0. The Hall–Kier alpha value is -5.28. The Labute approximate surface area is 269 Å². The lowest BCUT2D eigenvalue weighted by molar-refractivity contribution is -0.133. The van der Waals surface area contributed by atoms with Gasteiger partial charge in [0, 0.05) is 6.42 Å². The molecule has 4 amide bonds. The van der Waals surface area contributed by atoms with Crippen molar-refractivity contribution in [2.45, 2.75) is 57.8 Å². The Balaban J connectivity index is 1.37. The Morgan fingerprint density at radius 3 is 1.54 bits per heavy atom. The zero-order valence-corrected chi connectivity index (χ0v) is 26.3. The predicted molar refractivity (Wildman–Crippen MR) is 180 cm³/mol. The van der Waals surface area contributed by atoms with E-state index in [9.17, 15) is 19.2 Å². The highest BCUT2D eigenvalue weighted by Gasteiger charge is 2.27. The number of benzene rings is 4. The molecule has 0 fully saturated rings. The number of primary amides is 1. The van der Waals surface area contributed by atoms with Gasteiger partial charge in [0.25, 0.3) is 0 Å². The van der Waals surface area contributed by atoms with Crippen molar-refractivity contribution < 1.29 is 19.2 Å². The van der Waals surface area contributed by atoms with E-state index in [1.165, 1.54) is 13.8 Å². The zero-order valence-electron chi connectivity index (χ0n) is 26.3. The van der Waals surface area contributed by atoms with Crippen LogP contribution in [0, 0.1) is 6.92 Å². The fourth-order valence-electron chi connectivity index (χ4n) is 4.90. The molecule has 0 heterocycles. The van der Waals surface area contributed by atoms with E-state index in [0.29, 0.717) is 0 Å². The van der Waals surface area contributed by atoms with Crippen molar-refractivity contribution in [2.24, 2.45) is 11.5 Å². The Morgan fingerprint density at radius 2 is 1.02 bits per heavy atom. The molecule has 0 saturated heterocycles. The minimum absolute atomic E-state index is 0.149. The number of rotatable bonds is 13. The van der Waals surface area contributed by atoms with Crippen molar-refractivity contribution in [1.29, 1.82) is 0 Å². The van der Waals surface area contributed by atoms with Crippen molar-refractivity contribution in [1.82, 2.24) is 16.0 Å². The van der Waals surface area contributed by atoms with Gasteiger partial charge < -0.3 is 27.4 Å². The van der Waals surface area contributed by atoms with Gasteiger partial charge in [-0.2, -0.15) is 0 Å². The molecule has 0 aliphatic rings. The molecule has 9 heteroatoms. The summed E-state index contributed by atoms with van der Waals surface area (Å²) in [4.78, 5) is 50.8. The molecule has 0 bridgehead atoms. The fourth-order valence-corrected chi connectivity index (χ4v) is 4.90. The van der Waals surface area contributed by atoms with Crippen LogP contribution in [0.5, 0.6) is 0 Å². The fraction of sp³-hybridized carbons (Fsp3) is 0.243. The SMILES string of the molecule is Cc1ccc(-c2ccc(C[C@H](NC(=O)[C@H](C)NC(=O)[C@@H](N)Cc3ccc(-c4ccccc4)cc3)C(=O)N[C@@H](C)C(N)=O)cc2)cc1. The van der Waals surface area contributed by atoms with Crippen LogP contribution in [0.4, 0.5) is 0 Å². The highest BCUT2D eigenvalue weighted by molar-refractivity contribution is 5.94. The summed E-state index contributed by atoms with van der Waals surface area (Å²) in [5, 5.41) is 7.92. The minimum atomic E-state index is -1.03. The highest BCUT2D eigenvalue weighted by atomic mass is 16.2. The zero-order chi connectivity index (χ0) is 33.2. The molecule has 4 aromatic carbocycles. The summed E-state index contributed by atoms with van der Waals surface area (Å²) < 4.78 is 0. The van der Waals surface area contributed by atoms with Gasteiger partial charge in [-0.1, -0.05) is 109 Å². The van der Waals surface area contributed by atoms with E-state index in [1.807, 2.05) is 110 Å². The van der Waals surface area contributed by atoms with Gasteiger partial charge in [-0.25, -0.2) is 0 Å². The first kappa shape index (κ1) is 33.6. The third-order valence-corrected chi connectivity index (χ3v) is 7.80. The number of nitrogens with two attached hydrogens (primary N) is 2. The Morgan fingerprint density at radius 1 is 0.565 bits per heavy atom. The maximum absolute atomic E-state index is 13.2. The smallest absolute Gasteiger partial charge is 0.243 e. The first-order valence-corrected chi connectivity index (χ1v) is 15.3. The molecule has 0 aliphatic carbocycles. The molecule has 46 heavy (non-hydrogen) atoms. The number of amides is 4. The molecule has 4 rings (SSSR count). The van der Waals surface area contributed by atoms with Crippen LogP contribution in [0.3, 0.4) is 0 Å². The van der Waals surface area contributed by atoms with Crippen molar-refractivity contribution in [3.05, 3.63) is 120 Å². The van der Waals surface area contributed by atoms with E-state index in [0.717, 1.165) is 38.9 Å². The van der Waals surface area contributed by atoms with Gasteiger partial charge in [-0.05, 0) is 60.6 Å².